The van der Waals surface area contributed by atoms with E-state index in [1.165, 1.54) is 6.07 Å². The van der Waals surface area contributed by atoms with Crippen LogP contribution in [-0.2, 0) is 6.54 Å². The van der Waals surface area contributed by atoms with Gasteiger partial charge in [-0.2, -0.15) is 0 Å². The third kappa shape index (κ3) is 2.41. The Balaban J connectivity index is 1.89. The maximum atomic E-state index is 14.0. The van der Waals surface area contributed by atoms with Crippen molar-refractivity contribution in [1.29, 1.82) is 0 Å². The van der Waals surface area contributed by atoms with Gasteiger partial charge in [-0.1, -0.05) is 0 Å². The zero-order valence-electron chi connectivity index (χ0n) is 9.64. The van der Waals surface area contributed by atoms with Crippen LogP contribution in [0.25, 0.3) is 0 Å². The molecule has 2 aromatic rings. The Bertz CT molecular complexity index is 540. The van der Waals surface area contributed by atoms with Crippen molar-refractivity contribution < 1.29 is 8.81 Å². The maximum absolute atomic E-state index is 14.0. The molecule has 1 aliphatic carbocycles. The highest BCUT2D eigenvalue weighted by Gasteiger charge is 2.32. The number of nitrogens with zero attached hydrogens (tertiary/aromatic N) is 2. The molecule has 0 amide bonds. The predicted octanol–water partition coefficient (Wildman–Crippen LogP) is 3.75. The molecule has 0 unspecified atom stereocenters. The van der Waals surface area contributed by atoms with Crippen LogP contribution in [0.1, 0.15) is 18.6 Å². The van der Waals surface area contributed by atoms with E-state index >= 15 is 0 Å². The van der Waals surface area contributed by atoms with Crippen molar-refractivity contribution in [3.05, 3.63) is 46.7 Å². The first-order valence-electron chi connectivity index (χ1n) is 5.84. The van der Waals surface area contributed by atoms with Gasteiger partial charge in [0.1, 0.15) is 5.76 Å². The first kappa shape index (κ1) is 11.7. The van der Waals surface area contributed by atoms with Gasteiger partial charge < -0.3 is 9.32 Å². The molecule has 1 fully saturated rings. The summed E-state index contributed by atoms with van der Waals surface area (Å²) in [6, 6.07) is 5.55. The lowest BCUT2D eigenvalue weighted by atomic mass is 10.3. The number of anilines is 1. The summed E-state index contributed by atoms with van der Waals surface area (Å²) >= 11 is 3.22. The quantitative estimate of drug-likeness (QED) is 0.861. The summed E-state index contributed by atoms with van der Waals surface area (Å²) in [5, 5.41) is 0. The van der Waals surface area contributed by atoms with E-state index < -0.39 is 0 Å². The van der Waals surface area contributed by atoms with E-state index in [-0.39, 0.29) is 5.82 Å². The van der Waals surface area contributed by atoms with Crippen molar-refractivity contribution in [2.75, 3.05) is 4.90 Å². The van der Waals surface area contributed by atoms with Crippen LogP contribution in [0, 0.1) is 5.82 Å². The predicted molar refractivity (Wildman–Crippen MR) is 69.8 cm³/mol. The van der Waals surface area contributed by atoms with Gasteiger partial charge in [-0.05, 0) is 47.0 Å². The normalized spacial score (nSPS) is 14.8. The van der Waals surface area contributed by atoms with Crippen LogP contribution >= 0.6 is 15.9 Å². The fourth-order valence-electron chi connectivity index (χ4n) is 1.95. The van der Waals surface area contributed by atoms with Gasteiger partial charge in [0.25, 0.3) is 0 Å². The Morgan fingerprint density at radius 3 is 2.94 bits per heavy atom. The first-order chi connectivity index (χ1) is 8.74. The lowest BCUT2D eigenvalue weighted by Crippen LogP contribution is -2.26. The van der Waals surface area contributed by atoms with Crippen LogP contribution in [0.15, 0.2) is 39.5 Å². The summed E-state index contributed by atoms with van der Waals surface area (Å²) in [6.45, 7) is 0.559. The van der Waals surface area contributed by atoms with E-state index in [2.05, 4.69) is 20.9 Å². The molecule has 3 rings (SSSR count). The fraction of sp³-hybridized carbons (Fsp3) is 0.308. The summed E-state index contributed by atoms with van der Waals surface area (Å²) < 4.78 is 19.9. The van der Waals surface area contributed by atoms with Gasteiger partial charge >= 0.3 is 0 Å². The number of hydrogen-bond donors (Lipinski definition) is 0. The average molecular weight is 311 g/mol. The Labute approximate surface area is 113 Å². The number of halogens is 2. The summed E-state index contributed by atoms with van der Waals surface area (Å²) in [4.78, 5) is 6.16. The second-order valence-corrected chi connectivity index (χ2v) is 5.31. The molecule has 1 saturated carbocycles. The molecule has 0 atom stereocenters. The number of furan rings is 1. The van der Waals surface area contributed by atoms with Gasteiger partial charge in [0.2, 0.25) is 0 Å². The van der Waals surface area contributed by atoms with E-state index in [9.17, 15) is 4.39 Å². The third-order valence-corrected chi connectivity index (χ3v) is 3.39. The summed E-state index contributed by atoms with van der Waals surface area (Å²) in [6.07, 6.45) is 5.41. The number of pyridine rings is 1. The van der Waals surface area contributed by atoms with E-state index in [1.54, 1.807) is 12.5 Å². The zero-order chi connectivity index (χ0) is 12.5. The summed E-state index contributed by atoms with van der Waals surface area (Å²) in [5.74, 6) is 0.922. The van der Waals surface area contributed by atoms with Crippen molar-refractivity contribution in [1.82, 2.24) is 4.98 Å². The maximum Gasteiger partial charge on any atom is 0.166 e. The molecule has 0 aliphatic heterocycles. The Morgan fingerprint density at radius 1 is 1.50 bits per heavy atom. The topological polar surface area (TPSA) is 29.3 Å². The molecule has 3 nitrogen and oxygen atoms in total. The summed E-state index contributed by atoms with van der Waals surface area (Å²) in [7, 11) is 0. The van der Waals surface area contributed by atoms with Crippen LogP contribution in [0.2, 0.25) is 0 Å². The number of hydrogen-bond acceptors (Lipinski definition) is 3. The molecule has 0 aromatic carbocycles. The minimum absolute atomic E-state index is 0.303. The average Bonchev–Trinajstić information content (AvgIpc) is 3.05. The monoisotopic (exact) mass is 310 g/mol. The van der Waals surface area contributed by atoms with E-state index in [0.717, 1.165) is 18.6 Å². The molecule has 0 N–H and O–H groups in total. The van der Waals surface area contributed by atoms with E-state index in [1.807, 2.05) is 17.0 Å². The highest BCUT2D eigenvalue weighted by atomic mass is 79.9. The molecule has 1 aliphatic rings. The standard InChI is InChI=1S/C13H12BrFN2O/c14-9-6-12(15)13(16-7-9)17(10-3-4-10)8-11-2-1-5-18-11/h1-2,5-7,10H,3-4,8H2. The lowest BCUT2D eigenvalue weighted by molar-refractivity contribution is 0.496. The van der Waals surface area contributed by atoms with Crippen molar-refractivity contribution in [3.63, 3.8) is 0 Å². The van der Waals surface area contributed by atoms with Gasteiger partial charge in [-0.25, -0.2) is 9.37 Å². The van der Waals surface area contributed by atoms with Crippen molar-refractivity contribution in [2.24, 2.45) is 0 Å². The Morgan fingerprint density at radius 2 is 2.33 bits per heavy atom. The van der Waals surface area contributed by atoms with Gasteiger partial charge in [0.05, 0.1) is 12.8 Å². The van der Waals surface area contributed by atoms with Crippen molar-refractivity contribution in [3.8, 4) is 0 Å². The SMILES string of the molecule is Fc1cc(Br)cnc1N(Cc1ccco1)C1CC1. The molecule has 0 radical (unpaired) electrons. The zero-order valence-corrected chi connectivity index (χ0v) is 11.2. The minimum Gasteiger partial charge on any atom is -0.467 e. The molecule has 0 spiro atoms. The largest absolute Gasteiger partial charge is 0.467 e. The Kier molecular flexibility index (Phi) is 3.07. The van der Waals surface area contributed by atoms with Crippen LogP contribution < -0.4 is 4.90 Å². The van der Waals surface area contributed by atoms with Crippen LogP contribution in [0.4, 0.5) is 10.2 Å². The molecule has 2 heterocycles. The summed E-state index contributed by atoms with van der Waals surface area (Å²) in [5.41, 5.74) is 0. The molecule has 5 heteroatoms. The highest BCUT2D eigenvalue weighted by Crippen LogP contribution is 2.33. The molecule has 0 saturated heterocycles. The second kappa shape index (κ2) is 4.72. The second-order valence-electron chi connectivity index (χ2n) is 4.40. The molecule has 2 aromatic heterocycles. The molecular weight excluding hydrogens is 299 g/mol. The highest BCUT2D eigenvalue weighted by molar-refractivity contribution is 9.10. The van der Waals surface area contributed by atoms with E-state index in [0.29, 0.717) is 22.9 Å². The number of aromatic nitrogens is 1. The van der Waals surface area contributed by atoms with E-state index in [4.69, 9.17) is 4.42 Å². The van der Waals surface area contributed by atoms with Gasteiger partial charge in [0.15, 0.2) is 11.6 Å². The molecule has 0 bridgehead atoms. The van der Waals surface area contributed by atoms with Crippen molar-refractivity contribution >= 4 is 21.7 Å². The Hall–Kier alpha value is -1.36. The van der Waals surface area contributed by atoms with Gasteiger partial charge in [-0.15, -0.1) is 0 Å². The lowest BCUT2D eigenvalue weighted by Gasteiger charge is -2.22. The number of rotatable bonds is 4. The van der Waals surface area contributed by atoms with Gasteiger partial charge in [-0.3, -0.25) is 0 Å². The smallest absolute Gasteiger partial charge is 0.166 e. The van der Waals surface area contributed by atoms with Gasteiger partial charge in [0, 0.05) is 16.7 Å². The first-order valence-corrected chi connectivity index (χ1v) is 6.63. The van der Waals surface area contributed by atoms with Crippen LogP contribution in [0.5, 0.6) is 0 Å². The molecule has 94 valence electrons. The molecular formula is C13H12BrFN2O. The molecule has 18 heavy (non-hydrogen) atoms. The van der Waals surface area contributed by atoms with Crippen molar-refractivity contribution in [2.45, 2.75) is 25.4 Å². The minimum atomic E-state index is -0.303. The third-order valence-electron chi connectivity index (χ3n) is 2.95. The fourth-order valence-corrected chi connectivity index (χ4v) is 2.26. The van der Waals surface area contributed by atoms with Crippen LogP contribution in [0.3, 0.4) is 0 Å². The van der Waals surface area contributed by atoms with Crippen LogP contribution in [-0.4, -0.2) is 11.0 Å².